The summed E-state index contributed by atoms with van der Waals surface area (Å²) in [6.45, 7) is 7.38. The maximum Gasteiger partial charge on any atom is 0.220 e. The van der Waals surface area contributed by atoms with Crippen LogP contribution >= 0.6 is 0 Å². The lowest BCUT2D eigenvalue weighted by atomic mass is 10.3. The number of rotatable bonds is 7. The van der Waals surface area contributed by atoms with Gasteiger partial charge in [-0.25, -0.2) is 0 Å². The van der Waals surface area contributed by atoms with E-state index >= 15 is 0 Å². The molecule has 0 saturated carbocycles. The van der Waals surface area contributed by atoms with Crippen LogP contribution in [0.25, 0.3) is 0 Å². The van der Waals surface area contributed by atoms with E-state index in [1.165, 1.54) is 0 Å². The Morgan fingerprint density at radius 1 is 1.67 bits per heavy atom. The molecule has 0 radical (unpaired) electrons. The summed E-state index contributed by atoms with van der Waals surface area (Å²) in [5.74, 6) is 0.0644. The standard InChI is InChI=1S/C9H17NO2/c1-3-7-10-9(11)6-5-8-12-4-2/h3H,1,4-8H2,2H3,(H,10,11). The quantitative estimate of drug-likeness (QED) is 0.460. The van der Waals surface area contributed by atoms with Crippen LogP contribution in [0.3, 0.4) is 0 Å². The van der Waals surface area contributed by atoms with Gasteiger partial charge in [-0.3, -0.25) is 4.79 Å². The largest absolute Gasteiger partial charge is 0.382 e. The van der Waals surface area contributed by atoms with Crippen molar-refractivity contribution in [3.05, 3.63) is 12.7 Å². The van der Waals surface area contributed by atoms with Crippen molar-refractivity contribution >= 4 is 5.91 Å². The Balaban J connectivity index is 3.13. The van der Waals surface area contributed by atoms with Crippen molar-refractivity contribution in [1.82, 2.24) is 5.32 Å². The highest BCUT2D eigenvalue weighted by molar-refractivity contribution is 5.75. The summed E-state index contributed by atoms with van der Waals surface area (Å²) in [4.78, 5) is 11.0. The first-order chi connectivity index (χ1) is 5.81. The van der Waals surface area contributed by atoms with Crippen LogP contribution in [0.2, 0.25) is 0 Å². The highest BCUT2D eigenvalue weighted by atomic mass is 16.5. The van der Waals surface area contributed by atoms with Gasteiger partial charge < -0.3 is 10.1 Å². The molecule has 0 heterocycles. The van der Waals surface area contributed by atoms with Crippen molar-refractivity contribution in [3.8, 4) is 0 Å². The minimum absolute atomic E-state index is 0.0644. The molecule has 0 rings (SSSR count). The molecule has 70 valence electrons. The van der Waals surface area contributed by atoms with Crippen LogP contribution in [0.15, 0.2) is 12.7 Å². The van der Waals surface area contributed by atoms with E-state index in [1.54, 1.807) is 6.08 Å². The summed E-state index contributed by atoms with van der Waals surface area (Å²) in [6, 6.07) is 0. The fraction of sp³-hybridized carbons (Fsp3) is 0.667. The SMILES string of the molecule is C=CCNC(=O)CCCOCC. The minimum Gasteiger partial charge on any atom is -0.382 e. The van der Waals surface area contributed by atoms with Crippen LogP contribution in [0.5, 0.6) is 0 Å². The predicted molar refractivity (Wildman–Crippen MR) is 48.9 cm³/mol. The average Bonchev–Trinajstić information content (AvgIpc) is 2.09. The Morgan fingerprint density at radius 2 is 2.42 bits per heavy atom. The van der Waals surface area contributed by atoms with Gasteiger partial charge in [0.1, 0.15) is 0 Å². The third-order valence-electron chi connectivity index (χ3n) is 1.34. The van der Waals surface area contributed by atoms with Crippen molar-refractivity contribution in [1.29, 1.82) is 0 Å². The molecule has 3 heteroatoms. The molecule has 0 aromatic carbocycles. The molecule has 0 aliphatic heterocycles. The Labute approximate surface area is 73.8 Å². The van der Waals surface area contributed by atoms with Gasteiger partial charge in [-0.05, 0) is 13.3 Å². The number of hydrogen-bond donors (Lipinski definition) is 1. The van der Waals surface area contributed by atoms with Gasteiger partial charge in [0.15, 0.2) is 0 Å². The molecule has 0 aliphatic carbocycles. The number of nitrogens with one attached hydrogen (secondary N) is 1. The van der Waals surface area contributed by atoms with Crippen LogP contribution in [0.1, 0.15) is 19.8 Å². The zero-order valence-electron chi connectivity index (χ0n) is 7.64. The molecule has 0 unspecified atom stereocenters. The number of amides is 1. The lowest BCUT2D eigenvalue weighted by Crippen LogP contribution is -2.23. The molecule has 12 heavy (non-hydrogen) atoms. The van der Waals surface area contributed by atoms with Crippen LogP contribution in [-0.2, 0) is 9.53 Å². The summed E-state index contributed by atoms with van der Waals surface area (Å²) in [7, 11) is 0. The van der Waals surface area contributed by atoms with E-state index in [0.717, 1.165) is 6.42 Å². The fourth-order valence-corrected chi connectivity index (χ4v) is 0.754. The van der Waals surface area contributed by atoms with Crippen molar-refractivity contribution in [3.63, 3.8) is 0 Å². The molecule has 0 bridgehead atoms. The van der Waals surface area contributed by atoms with Gasteiger partial charge >= 0.3 is 0 Å². The Hall–Kier alpha value is -0.830. The number of ether oxygens (including phenoxy) is 1. The molecular formula is C9H17NO2. The molecular weight excluding hydrogens is 154 g/mol. The van der Waals surface area contributed by atoms with E-state index in [2.05, 4.69) is 11.9 Å². The van der Waals surface area contributed by atoms with Crippen molar-refractivity contribution < 1.29 is 9.53 Å². The maximum atomic E-state index is 11.0. The summed E-state index contributed by atoms with van der Waals surface area (Å²) >= 11 is 0. The fourth-order valence-electron chi connectivity index (χ4n) is 0.754. The first kappa shape index (κ1) is 11.2. The molecule has 0 aromatic rings. The molecule has 0 saturated heterocycles. The monoisotopic (exact) mass is 171 g/mol. The maximum absolute atomic E-state index is 11.0. The minimum atomic E-state index is 0.0644. The molecule has 1 amide bonds. The van der Waals surface area contributed by atoms with E-state index in [0.29, 0.717) is 26.2 Å². The van der Waals surface area contributed by atoms with E-state index < -0.39 is 0 Å². The van der Waals surface area contributed by atoms with Gasteiger partial charge in [-0.15, -0.1) is 6.58 Å². The van der Waals surface area contributed by atoms with Crippen molar-refractivity contribution in [2.75, 3.05) is 19.8 Å². The van der Waals surface area contributed by atoms with Gasteiger partial charge in [0.25, 0.3) is 0 Å². The Morgan fingerprint density at radius 3 is 3.00 bits per heavy atom. The van der Waals surface area contributed by atoms with Gasteiger partial charge in [0.05, 0.1) is 0 Å². The van der Waals surface area contributed by atoms with Crippen LogP contribution in [-0.4, -0.2) is 25.7 Å². The first-order valence-electron chi connectivity index (χ1n) is 4.26. The summed E-state index contributed by atoms with van der Waals surface area (Å²) < 4.78 is 5.09. The normalized spacial score (nSPS) is 9.42. The third kappa shape index (κ3) is 7.28. The Bertz CT molecular complexity index is 134. The predicted octanol–water partition coefficient (Wildman–Crippen LogP) is 1.11. The highest BCUT2D eigenvalue weighted by Crippen LogP contribution is 1.89. The van der Waals surface area contributed by atoms with E-state index in [1.807, 2.05) is 6.92 Å². The third-order valence-corrected chi connectivity index (χ3v) is 1.34. The highest BCUT2D eigenvalue weighted by Gasteiger charge is 1.97. The van der Waals surface area contributed by atoms with Crippen LogP contribution < -0.4 is 5.32 Å². The smallest absolute Gasteiger partial charge is 0.220 e. The number of carbonyl (C=O) groups excluding carboxylic acids is 1. The van der Waals surface area contributed by atoms with Crippen LogP contribution in [0, 0.1) is 0 Å². The zero-order valence-corrected chi connectivity index (χ0v) is 7.64. The molecule has 3 nitrogen and oxygen atoms in total. The van der Waals surface area contributed by atoms with Gasteiger partial charge in [0, 0.05) is 26.2 Å². The van der Waals surface area contributed by atoms with E-state index in [-0.39, 0.29) is 5.91 Å². The lowest BCUT2D eigenvalue weighted by molar-refractivity contribution is -0.121. The second-order valence-corrected chi connectivity index (χ2v) is 2.39. The molecule has 0 fully saturated rings. The number of hydrogen-bond acceptors (Lipinski definition) is 2. The molecule has 0 atom stereocenters. The molecule has 1 N–H and O–H groups in total. The van der Waals surface area contributed by atoms with E-state index in [9.17, 15) is 4.79 Å². The summed E-state index contributed by atoms with van der Waals surface area (Å²) in [5.41, 5.74) is 0. The topological polar surface area (TPSA) is 38.3 Å². The molecule has 0 aromatic heterocycles. The Kier molecular flexibility index (Phi) is 7.70. The van der Waals surface area contributed by atoms with Gasteiger partial charge in [0.2, 0.25) is 5.91 Å². The van der Waals surface area contributed by atoms with Gasteiger partial charge in [-0.2, -0.15) is 0 Å². The zero-order chi connectivity index (χ0) is 9.23. The summed E-state index contributed by atoms with van der Waals surface area (Å²) in [5, 5.41) is 2.70. The first-order valence-corrected chi connectivity index (χ1v) is 4.26. The molecule has 0 aliphatic rings. The number of carbonyl (C=O) groups is 1. The lowest BCUT2D eigenvalue weighted by Gasteiger charge is -2.01. The molecule has 0 spiro atoms. The van der Waals surface area contributed by atoms with Crippen molar-refractivity contribution in [2.24, 2.45) is 0 Å². The second-order valence-electron chi connectivity index (χ2n) is 2.39. The average molecular weight is 171 g/mol. The summed E-state index contributed by atoms with van der Waals surface area (Å²) in [6.07, 6.45) is 2.99. The van der Waals surface area contributed by atoms with Crippen molar-refractivity contribution in [2.45, 2.75) is 19.8 Å². The van der Waals surface area contributed by atoms with Gasteiger partial charge in [-0.1, -0.05) is 6.08 Å². The van der Waals surface area contributed by atoms with Crippen LogP contribution in [0.4, 0.5) is 0 Å². The van der Waals surface area contributed by atoms with E-state index in [4.69, 9.17) is 4.74 Å². The second kappa shape index (κ2) is 8.27.